The predicted molar refractivity (Wildman–Crippen MR) is 214 cm³/mol. The Morgan fingerprint density at radius 1 is 0.480 bits per heavy atom. The molecule has 0 aliphatic rings. The van der Waals surface area contributed by atoms with Gasteiger partial charge in [-0.15, -0.1) is 0 Å². The minimum atomic E-state index is -0.817. The molecule has 50 heavy (non-hydrogen) atoms. The molecule has 1 N–H and O–H groups in total. The normalized spacial score (nSPS) is 13.1. The summed E-state index contributed by atoms with van der Waals surface area (Å²) in [6, 6.07) is 0. The van der Waals surface area contributed by atoms with Crippen LogP contribution >= 0.6 is 0 Å². The number of carbonyl (C=O) groups is 2. The van der Waals surface area contributed by atoms with E-state index in [4.69, 9.17) is 9.47 Å². The standard InChI is InChI=1S/C45H74O5/c1-3-5-7-9-11-13-15-17-19-21-22-24-26-28-30-32-34-36-38-40-45(48)50-43(41-46)42-49-44(47)39-37-35-33-31-29-27-25-23-20-18-16-14-12-10-8-6-4-2/h5,7,11,13,17-20,22,24,28,30,34,36,43,46H,3-4,6,8-10,12,14-16,21,23,25-27,29,31-33,35,37-42H2,1-2H3. The second-order valence-corrected chi connectivity index (χ2v) is 13.0. The first-order valence-electron chi connectivity index (χ1n) is 20.1. The zero-order chi connectivity index (χ0) is 36.4. The summed E-state index contributed by atoms with van der Waals surface area (Å²) in [7, 11) is 0. The smallest absolute Gasteiger partial charge is 0.306 e. The molecule has 1 atom stereocenters. The number of ether oxygens (including phenoxy) is 2. The lowest BCUT2D eigenvalue weighted by Crippen LogP contribution is -2.28. The Hall–Kier alpha value is -2.92. The van der Waals surface area contributed by atoms with E-state index in [2.05, 4.69) is 86.8 Å². The van der Waals surface area contributed by atoms with Crippen LogP contribution in [0.1, 0.15) is 168 Å². The van der Waals surface area contributed by atoms with E-state index in [9.17, 15) is 14.7 Å². The number of hydrogen-bond donors (Lipinski definition) is 1. The molecule has 0 aliphatic carbocycles. The third-order valence-electron chi connectivity index (χ3n) is 8.19. The lowest BCUT2D eigenvalue weighted by molar-refractivity contribution is -0.161. The van der Waals surface area contributed by atoms with E-state index in [0.717, 1.165) is 57.8 Å². The summed E-state index contributed by atoms with van der Waals surface area (Å²) in [4.78, 5) is 24.2. The van der Waals surface area contributed by atoms with Crippen LogP contribution in [0.4, 0.5) is 0 Å². The first-order valence-corrected chi connectivity index (χ1v) is 20.1. The molecule has 0 rings (SSSR count). The molecule has 0 radical (unpaired) electrons. The third-order valence-corrected chi connectivity index (χ3v) is 8.19. The Balaban J connectivity index is 3.71. The molecule has 284 valence electrons. The van der Waals surface area contributed by atoms with E-state index in [1.54, 1.807) is 0 Å². The van der Waals surface area contributed by atoms with Crippen LogP contribution in [0.25, 0.3) is 0 Å². The Kier molecular flexibility index (Phi) is 38.1. The average molecular weight is 695 g/mol. The van der Waals surface area contributed by atoms with Gasteiger partial charge in [0.15, 0.2) is 6.10 Å². The van der Waals surface area contributed by atoms with Crippen molar-refractivity contribution in [1.29, 1.82) is 0 Å². The second-order valence-electron chi connectivity index (χ2n) is 13.0. The fourth-order valence-electron chi connectivity index (χ4n) is 5.16. The lowest BCUT2D eigenvalue weighted by atomic mass is 10.1. The van der Waals surface area contributed by atoms with Crippen LogP contribution in [-0.4, -0.2) is 36.4 Å². The van der Waals surface area contributed by atoms with Gasteiger partial charge in [-0.1, -0.05) is 163 Å². The summed E-state index contributed by atoms with van der Waals surface area (Å²) < 4.78 is 10.5. The van der Waals surface area contributed by atoms with Crippen molar-refractivity contribution in [2.45, 2.75) is 174 Å². The van der Waals surface area contributed by atoms with E-state index in [1.165, 1.54) is 77.0 Å². The van der Waals surface area contributed by atoms with Crippen molar-refractivity contribution in [3.63, 3.8) is 0 Å². The molecular weight excluding hydrogens is 620 g/mol. The van der Waals surface area contributed by atoms with E-state index in [1.807, 2.05) is 12.2 Å². The summed E-state index contributed by atoms with van der Waals surface area (Å²) >= 11 is 0. The molecule has 0 amide bonds. The Morgan fingerprint density at radius 3 is 1.38 bits per heavy atom. The Labute approximate surface area is 307 Å². The SMILES string of the molecule is CCC=CCC=CCC=CCC=CCC=CCC=CCCC(=O)OC(CO)COC(=O)CCCCCCCCCC=CCCCCCCCC. The maximum Gasteiger partial charge on any atom is 0.306 e. The van der Waals surface area contributed by atoms with Gasteiger partial charge in [-0.25, -0.2) is 0 Å². The lowest BCUT2D eigenvalue weighted by Gasteiger charge is -2.15. The maximum absolute atomic E-state index is 12.1. The number of esters is 2. The number of allylic oxidation sites excluding steroid dienone is 14. The van der Waals surface area contributed by atoms with Gasteiger partial charge in [0.2, 0.25) is 0 Å². The average Bonchev–Trinajstić information content (AvgIpc) is 3.12. The van der Waals surface area contributed by atoms with Crippen LogP contribution in [0.2, 0.25) is 0 Å². The zero-order valence-corrected chi connectivity index (χ0v) is 32.1. The van der Waals surface area contributed by atoms with Crippen LogP contribution in [0, 0.1) is 0 Å². The van der Waals surface area contributed by atoms with Gasteiger partial charge in [-0.3, -0.25) is 9.59 Å². The molecule has 0 aliphatic heterocycles. The summed E-state index contributed by atoms with van der Waals surface area (Å²) in [5.74, 6) is -0.700. The first-order chi connectivity index (χ1) is 24.6. The summed E-state index contributed by atoms with van der Waals surface area (Å²) in [5.41, 5.74) is 0. The van der Waals surface area contributed by atoms with Crippen LogP contribution in [-0.2, 0) is 19.1 Å². The zero-order valence-electron chi connectivity index (χ0n) is 32.1. The van der Waals surface area contributed by atoms with Gasteiger partial charge in [0.1, 0.15) is 6.61 Å². The molecule has 1 unspecified atom stereocenters. The van der Waals surface area contributed by atoms with Crippen LogP contribution in [0.5, 0.6) is 0 Å². The highest BCUT2D eigenvalue weighted by Gasteiger charge is 2.15. The molecule has 0 saturated heterocycles. The minimum absolute atomic E-state index is 0.103. The van der Waals surface area contributed by atoms with Crippen molar-refractivity contribution in [2.24, 2.45) is 0 Å². The quantitative estimate of drug-likeness (QED) is 0.0406. The fourth-order valence-corrected chi connectivity index (χ4v) is 5.16. The molecule has 5 nitrogen and oxygen atoms in total. The van der Waals surface area contributed by atoms with Gasteiger partial charge < -0.3 is 14.6 Å². The monoisotopic (exact) mass is 695 g/mol. The molecule has 0 aromatic carbocycles. The van der Waals surface area contributed by atoms with Crippen molar-refractivity contribution >= 4 is 11.9 Å². The van der Waals surface area contributed by atoms with E-state index >= 15 is 0 Å². The summed E-state index contributed by atoms with van der Waals surface area (Å²) in [5, 5.41) is 9.55. The molecule has 0 spiro atoms. The van der Waals surface area contributed by atoms with E-state index in [0.29, 0.717) is 12.8 Å². The van der Waals surface area contributed by atoms with Crippen LogP contribution in [0.3, 0.4) is 0 Å². The first kappa shape index (κ1) is 47.1. The molecule has 0 saturated carbocycles. The topological polar surface area (TPSA) is 72.8 Å². The van der Waals surface area contributed by atoms with E-state index < -0.39 is 12.1 Å². The Morgan fingerprint density at radius 2 is 0.900 bits per heavy atom. The molecule has 0 heterocycles. The molecule has 0 bridgehead atoms. The van der Waals surface area contributed by atoms with Crippen molar-refractivity contribution in [1.82, 2.24) is 0 Å². The van der Waals surface area contributed by atoms with Gasteiger partial charge >= 0.3 is 11.9 Å². The number of carbonyl (C=O) groups excluding carboxylic acids is 2. The number of aliphatic hydroxyl groups excluding tert-OH is 1. The van der Waals surface area contributed by atoms with Crippen LogP contribution in [0.15, 0.2) is 85.1 Å². The minimum Gasteiger partial charge on any atom is -0.462 e. The van der Waals surface area contributed by atoms with Crippen molar-refractivity contribution in [3.8, 4) is 0 Å². The largest absolute Gasteiger partial charge is 0.462 e. The molecule has 0 aromatic heterocycles. The number of rotatable bonds is 35. The highest BCUT2D eigenvalue weighted by atomic mass is 16.6. The number of hydrogen-bond acceptors (Lipinski definition) is 5. The van der Waals surface area contributed by atoms with Gasteiger partial charge in [0, 0.05) is 12.8 Å². The summed E-state index contributed by atoms with van der Waals surface area (Å²) in [6.07, 6.45) is 55.1. The highest BCUT2D eigenvalue weighted by Crippen LogP contribution is 2.12. The second kappa shape index (κ2) is 40.5. The highest BCUT2D eigenvalue weighted by molar-refractivity contribution is 5.70. The van der Waals surface area contributed by atoms with Gasteiger partial charge in [0.25, 0.3) is 0 Å². The molecule has 0 aromatic rings. The van der Waals surface area contributed by atoms with Gasteiger partial charge in [-0.2, -0.15) is 0 Å². The molecule has 0 fully saturated rings. The van der Waals surface area contributed by atoms with Crippen molar-refractivity contribution < 1.29 is 24.2 Å². The summed E-state index contributed by atoms with van der Waals surface area (Å²) in [6.45, 7) is 3.94. The van der Waals surface area contributed by atoms with E-state index in [-0.39, 0.29) is 25.6 Å². The predicted octanol–water partition coefficient (Wildman–Crippen LogP) is 12.7. The van der Waals surface area contributed by atoms with Gasteiger partial charge in [-0.05, 0) is 77.0 Å². The number of aliphatic hydroxyl groups is 1. The van der Waals surface area contributed by atoms with Crippen molar-refractivity contribution in [2.75, 3.05) is 13.2 Å². The van der Waals surface area contributed by atoms with Crippen LogP contribution < -0.4 is 0 Å². The fraction of sp³-hybridized carbons (Fsp3) is 0.644. The number of unbranched alkanes of at least 4 members (excludes halogenated alkanes) is 13. The van der Waals surface area contributed by atoms with Crippen molar-refractivity contribution in [3.05, 3.63) is 85.1 Å². The molecule has 5 heteroatoms. The third kappa shape index (κ3) is 37.9. The maximum atomic E-state index is 12.1. The Bertz CT molecular complexity index is 968. The van der Waals surface area contributed by atoms with Gasteiger partial charge in [0.05, 0.1) is 6.61 Å². The molecular formula is C45H74O5.